The number of benzene rings is 4. The third-order valence-corrected chi connectivity index (χ3v) is 10.4. The molecule has 2 aliphatic rings. The molecule has 0 amide bonds. The Kier molecular flexibility index (Phi) is 9.06. The zero-order valence-corrected chi connectivity index (χ0v) is 31.0. The van der Waals surface area contributed by atoms with Gasteiger partial charge in [0, 0.05) is 44.3 Å². The van der Waals surface area contributed by atoms with Crippen LogP contribution in [-0.2, 0) is 0 Å². The number of rotatable bonds is 8. The summed E-state index contributed by atoms with van der Waals surface area (Å²) in [5.41, 5.74) is 9.58. The summed E-state index contributed by atoms with van der Waals surface area (Å²) in [5, 5.41) is 46.8. The topological polar surface area (TPSA) is 218 Å². The lowest BCUT2D eigenvalue weighted by molar-refractivity contribution is -0.256. The van der Waals surface area contributed by atoms with E-state index in [-0.39, 0.29) is 22.3 Å². The van der Waals surface area contributed by atoms with Crippen molar-refractivity contribution in [2.75, 3.05) is 0 Å². The lowest BCUT2D eigenvalue weighted by atomic mass is 10.0. The maximum atomic E-state index is 11.7. The molecular weight excluding hydrogens is 761 g/mol. The van der Waals surface area contributed by atoms with Crippen LogP contribution < -0.4 is 20.4 Å². The number of nitrogens with one attached hydrogen (secondary N) is 2. The fourth-order valence-electron chi connectivity index (χ4n) is 7.51. The van der Waals surface area contributed by atoms with Crippen molar-refractivity contribution in [3.05, 3.63) is 166 Å². The van der Waals surface area contributed by atoms with E-state index in [1.54, 1.807) is 48.5 Å². The molecule has 12 heteroatoms. The number of aromatic amines is 2. The SMILES string of the molecule is O=C([O-])c1ccc(-c2c3nc(c(-c4ccc(C(=O)[O-])cc4)c4ccc([nH]4)c(-c4ccc(C(=O)[O-])cc4)c4nc(c(-c5ccc(C(=O)[O-])cc5)c5ccc2[nH]5)C=C4)C=C3)cc1. The first-order valence-electron chi connectivity index (χ1n) is 18.5. The predicted octanol–water partition coefficient (Wildman–Crippen LogP) is 4.78. The molecular formula is C48H26N4O8-4. The Hall–Kier alpha value is -8.64. The van der Waals surface area contributed by atoms with Gasteiger partial charge in [-0.25, -0.2) is 9.97 Å². The maximum Gasteiger partial charge on any atom is 0.0737 e. The average Bonchev–Trinajstić information content (AvgIpc) is 4.10. The van der Waals surface area contributed by atoms with Crippen LogP contribution >= 0.6 is 0 Å². The van der Waals surface area contributed by atoms with Crippen molar-refractivity contribution in [3.8, 4) is 44.5 Å². The molecule has 5 heterocycles. The highest BCUT2D eigenvalue weighted by Gasteiger charge is 2.19. The molecule has 290 valence electrons. The lowest BCUT2D eigenvalue weighted by Crippen LogP contribution is -2.21. The molecule has 0 radical (unpaired) electrons. The Morgan fingerprint density at radius 1 is 0.317 bits per heavy atom. The minimum absolute atomic E-state index is 0.00575. The van der Waals surface area contributed by atoms with Gasteiger partial charge < -0.3 is 49.6 Å². The van der Waals surface area contributed by atoms with Gasteiger partial charge in [0.15, 0.2) is 0 Å². The van der Waals surface area contributed by atoms with E-state index in [2.05, 4.69) is 9.97 Å². The molecule has 4 aromatic carbocycles. The van der Waals surface area contributed by atoms with Crippen molar-refractivity contribution in [1.82, 2.24) is 19.9 Å². The van der Waals surface area contributed by atoms with Crippen LogP contribution in [0.4, 0.5) is 0 Å². The zero-order valence-electron chi connectivity index (χ0n) is 31.0. The molecule has 0 unspecified atom stereocenters. The minimum atomic E-state index is -1.32. The molecule has 0 atom stereocenters. The molecule has 9 rings (SSSR count). The smallest absolute Gasteiger partial charge is 0.0737 e. The number of H-pyrrole nitrogens is 2. The van der Waals surface area contributed by atoms with Crippen LogP contribution in [0.1, 0.15) is 64.2 Å². The molecule has 60 heavy (non-hydrogen) atoms. The van der Waals surface area contributed by atoms with E-state index in [1.165, 1.54) is 48.5 Å². The normalized spacial score (nSPS) is 11.7. The average molecular weight is 787 g/mol. The third kappa shape index (κ3) is 6.69. The quantitative estimate of drug-likeness (QED) is 0.215. The molecule has 0 spiro atoms. The first-order chi connectivity index (χ1) is 29.0. The molecule has 2 N–H and O–H groups in total. The summed E-state index contributed by atoms with van der Waals surface area (Å²) < 4.78 is 0. The van der Waals surface area contributed by atoms with E-state index in [9.17, 15) is 39.6 Å². The van der Waals surface area contributed by atoms with Crippen LogP contribution in [-0.4, -0.2) is 43.8 Å². The Labute approximate surface area is 339 Å². The Morgan fingerprint density at radius 3 is 0.700 bits per heavy atom. The lowest BCUT2D eigenvalue weighted by Gasteiger charge is -2.09. The van der Waals surface area contributed by atoms with E-state index in [4.69, 9.17) is 9.97 Å². The number of aromatic carboxylic acids is 4. The van der Waals surface area contributed by atoms with E-state index in [0.717, 1.165) is 0 Å². The maximum absolute atomic E-state index is 11.7. The van der Waals surface area contributed by atoms with Crippen molar-refractivity contribution >= 4 is 70.2 Å². The highest BCUT2D eigenvalue weighted by molar-refractivity contribution is 6.01. The van der Waals surface area contributed by atoms with Crippen LogP contribution in [0.2, 0.25) is 0 Å². The highest BCUT2D eigenvalue weighted by atomic mass is 16.4. The summed E-state index contributed by atoms with van der Waals surface area (Å²) in [6.45, 7) is 0. The van der Waals surface area contributed by atoms with Crippen molar-refractivity contribution in [1.29, 1.82) is 0 Å². The second kappa shape index (κ2) is 14.7. The van der Waals surface area contributed by atoms with Gasteiger partial charge in [0.25, 0.3) is 0 Å². The number of carboxylic acid groups (broad SMARTS) is 4. The molecule has 0 fully saturated rings. The molecule has 8 bridgehead atoms. The van der Waals surface area contributed by atoms with Crippen LogP contribution in [0.25, 0.3) is 90.9 Å². The first kappa shape index (κ1) is 37.0. The largest absolute Gasteiger partial charge is 0.545 e. The van der Waals surface area contributed by atoms with Crippen molar-refractivity contribution < 1.29 is 39.6 Å². The fraction of sp³-hybridized carbons (Fsp3) is 0. The van der Waals surface area contributed by atoms with Crippen LogP contribution in [0.5, 0.6) is 0 Å². The van der Waals surface area contributed by atoms with Gasteiger partial charge in [-0.1, -0.05) is 97.1 Å². The van der Waals surface area contributed by atoms with Gasteiger partial charge in [-0.15, -0.1) is 0 Å². The Balaban J connectivity index is 1.43. The highest BCUT2D eigenvalue weighted by Crippen LogP contribution is 2.38. The number of hydrogen-bond donors (Lipinski definition) is 2. The number of nitrogens with zero attached hydrogens (tertiary/aromatic N) is 2. The van der Waals surface area contributed by atoms with Crippen LogP contribution in [0.3, 0.4) is 0 Å². The summed E-state index contributed by atoms with van der Waals surface area (Å²) in [7, 11) is 0. The second-order valence-electron chi connectivity index (χ2n) is 14.0. The van der Waals surface area contributed by atoms with Gasteiger partial charge >= 0.3 is 0 Å². The van der Waals surface area contributed by atoms with Crippen LogP contribution in [0.15, 0.2) is 121 Å². The van der Waals surface area contributed by atoms with E-state index in [0.29, 0.717) is 89.4 Å². The third-order valence-electron chi connectivity index (χ3n) is 10.4. The van der Waals surface area contributed by atoms with Crippen LogP contribution in [0, 0.1) is 0 Å². The first-order valence-corrected chi connectivity index (χ1v) is 18.5. The van der Waals surface area contributed by atoms with Gasteiger partial charge in [0.2, 0.25) is 0 Å². The number of carbonyl (C=O) groups is 4. The number of hydrogen-bond acceptors (Lipinski definition) is 10. The number of carboxylic acids is 4. The van der Waals surface area contributed by atoms with Gasteiger partial charge in [-0.3, -0.25) is 0 Å². The van der Waals surface area contributed by atoms with Gasteiger partial charge in [0.1, 0.15) is 0 Å². The monoisotopic (exact) mass is 786 g/mol. The standard InChI is InChI=1S/C48H30N4O8/c53-45(54)29-9-1-25(2-10-29)41-33-17-19-35(49-33)42(26-3-11-30(12-4-26)46(55)56)37-21-23-39(51-37)44(28-7-15-32(16-8-28)48(59)60)40-24-22-38(52-40)43(36-20-18-34(41)50-36)27-5-13-31(14-6-27)47(57)58/h1-24,49,52H,(H,53,54)(H,55,56)(H,57,58)(H,59,60)/p-4. The number of carbonyl (C=O) groups excluding carboxylic acids is 4. The summed E-state index contributed by atoms with van der Waals surface area (Å²) >= 11 is 0. The van der Waals surface area contributed by atoms with E-state index < -0.39 is 23.9 Å². The fourth-order valence-corrected chi connectivity index (χ4v) is 7.51. The van der Waals surface area contributed by atoms with Crippen molar-refractivity contribution in [2.45, 2.75) is 0 Å². The van der Waals surface area contributed by atoms with Gasteiger partial charge in [-0.2, -0.15) is 0 Å². The van der Waals surface area contributed by atoms with Gasteiger partial charge in [0.05, 0.1) is 46.7 Å². The minimum Gasteiger partial charge on any atom is -0.545 e. The van der Waals surface area contributed by atoms with Gasteiger partial charge in [-0.05, 0) is 93.1 Å². The zero-order chi connectivity index (χ0) is 41.7. The molecule has 0 saturated carbocycles. The summed E-state index contributed by atoms with van der Waals surface area (Å²) in [4.78, 5) is 64.2. The predicted molar refractivity (Wildman–Crippen MR) is 218 cm³/mol. The van der Waals surface area contributed by atoms with Crippen molar-refractivity contribution in [3.63, 3.8) is 0 Å². The molecule has 3 aromatic heterocycles. The summed E-state index contributed by atoms with van der Waals surface area (Å²) in [6, 6.07) is 32.4. The molecule has 0 saturated heterocycles. The van der Waals surface area contributed by atoms with E-state index in [1.807, 2.05) is 48.6 Å². The van der Waals surface area contributed by atoms with Crippen molar-refractivity contribution in [2.24, 2.45) is 0 Å². The molecule has 2 aliphatic heterocycles. The molecule has 12 nitrogen and oxygen atoms in total. The molecule has 0 aliphatic carbocycles. The Bertz CT molecular complexity index is 2750. The number of fused-ring (bicyclic) bond motifs is 8. The second-order valence-corrected chi connectivity index (χ2v) is 14.0. The summed E-state index contributed by atoms with van der Waals surface area (Å²) in [5.74, 6) is -5.30. The van der Waals surface area contributed by atoms with E-state index >= 15 is 0 Å². The Morgan fingerprint density at radius 2 is 0.517 bits per heavy atom. The molecule has 7 aromatic rings. The number of aromatic nitrogens is 4. The summed E-state index contributed by atoms with van der Waals surface area (Å²) in [6.07, 6.45) is 7.33.